The molecule has 2 aromatic carbocycles. The van der Waals surface area contributed by atoms with Crippen LogP contribution in [0, 0.1) is 10.1 Å². The lowest BCUT2D eigenvalue weighted by atomic mass is 10.1. The molecule has 0 aromatic heterocycles. The van der Waals surface area contributed by atoms with Gasteiger partial charge < -0.3 is 4.90 Å². The minimum atomic E-state index is -3.66. The van der Waals surface area contributed by atoms with Gasteiger partial charge in [0.15, 0.2) is 0 Å². The molecule has 0 spiro atoms. The number of aryl methyl sites for hydroxylation is 1. The average Bonchev–Trinajstić information content (AvgIpc) is 2.72. The van der Waals surface area contributed by atoms with Crippen LogP contribution in [0.1, 0.15) is 31.2 Å². The largest absolute Gasteiger partial charge is 0.372 e. The van der Waals surface area contributed by atoms with Gasteiger partial charge in [-0.05, 0) is 61.9 Å². The second-order valence-corrected chi connectivity index (χ2v) is 8.73. The van der Waals surface area contributed by atoms with E-state index in [1.165, 1.54) is 54.8 Å². The monoisotopic (exact) mass is 403 g/mol. The molecular formula is C20H25N3O4S. The first-order chi connectivity index (χ1) is 13.5. The van der Waals surface area contributed by atoms with E-state index in [4.69, 9.17) is 0 Å². The molecular weight excluding hydrogens is 378 g/mol. The van der Waals surface area contributed by atoms with Gasteiger partial charge in [-0.1, -0.05) is 12.1 Å². The third-order valence-corrected chi connectivity index (χ3v) is 6.43. The molecule has 1 aliphatic rings. The van der Waals surface area contributed by atoms with E-state index in [9.17, 15) is 18.5 Å². The highest BCUT2D eigenvalue weighted by Crippen LogP contribution is 2.20. The molecule has 0 unspecified atom stereocenters. The van der Waals surface area contributed by atoms with Gasteiger partial charge in [-0.15, -0.1) is 0 Å². The van der Waals surface area contributed by atoms with Crippen molar-refractivity contribution < 1.29 is 13.3 Å². The zero-order chi connectivity index (χ0) is 20.0. The molecule has 0 saturated carbocycles. The molecule has 2 aromatic rings. The SMILES string of the molecule is O=[N+]([O-])c1ccc(S(=O)(=O)NCCCc2ccc(N3CCCCC3)cc2)cc1. The van der Waals surface area contributed by atoms with Gasteiger partial charge in [0.25, 0.3) is 5.69 Å². The summed E-state index contributed by atoms with van der Waals surface area (Å²) in [6, 6.07) is 13.4. The van der Waals surface area contributed by atoms with Crippen molar-refractivity contribution in [2.75, 3.05) is 24.5 Å². The van der Waals surface area contributed by atoms with Crippen LogP contribution >= 0.6 is 0 Å². The van der Waals surface area contributed by atoms with Gasteiger partial charge in [-0.25, -0.2) is 13.1 Å². The summed E-state index contributed by atoms with van der Waals surface area (Å²) in [7, 11) is -3.66. The van der Waals surface area contributed by atoms with Crippen molar-refractivity contribution in [3.8, 4) is 0 Å². The Balaban J connectivity index is 1.47. The molecule has 0 amide bonds. The smallest absolute Gasteiger partial charge is 0.269 e. The molecule has 0 radical (unpaired) electrons. The number of hydrogen-bond donors (Lipinski definition) is 1. The molecule has 0 atom stereocenters. The summed E-state index contributed by atoms with van der Waals surface area (Å²) in [6.45, 7) is 2.54. The number of piperidine rings is 1. The Morgan fingerprint density at radius 1 is 0.964 bits per heavy atom. The number of rotatable bonds is 8. The van der Waals surface area contributed by atoms with Crippen LogP contribution in [0.3, 0.4) is 0 Å². The van der Waals surface area contributed by atoms with Crippen LogP contribution in [0.4, 0.5) is 11.4 Å². The average molecular weight is 404 g/mol. The van der Waals surface area contributed by atoms with Crippen LogP contribution in [0.5, 0.6) is 0 Å². The number of benzene rings is 2. The number of hydrogen-bond acceptors (Lipinski definition) is 5. The van der Waals surface area contributed by atoms with Gasteiger partial charge in [0, 0.05) is 37.5 Å². The number of non-ortho nitro benzene ring substituents is 1. The Hall–Kier alpha value is -2.45. The van der Waals surface area contributed by atoms with Crippen molar-refractivity contribution in [3.63, 3.8) is 0 Å². The highest BCUT2D eigenvalue weighted by atomic mass is 32.2. The Bertz CT molecular complexity index is 890. The van der Waals surface area contributed by atoms with Crippen molar-refractivity contribution in [2.45, 2.75) is 37.0 Å². The first kappa shape index (κ1) is 20.3. The van der Waals surface area contributed by atoms with E-state index in [1.54, 1.807) is 0 Å². The number of nitrogens with zero attached hydrogens (tertiary/aromatic N) is 2. The number of nitrogens with one attached hydrogen (secondary N) is 1. The predicted molar refractivity (Wildman–Crippen MR) is 109 cm³/mol. The summed E-state index contributed by atoms with van der Waals surface area (Å²) >= 11 is 0. The number of sulfonamides is 1. The zero-order valence-corrected chi connectivity index (χ0v) is 16.5. The Kier molecular flexibility index (Phi) is 6.64. The van der Waals surface area contributed by atoms with Crippen molar-refractivity contribution in [2.24, 2.45) is 0 Å². The van der Waals surface area contributed by atoms with E-state index in [2.05, 4.69) is 33.9 Å². The summed E-state index contributed by atoms with van der Waals surface area (Å²) in [5, 5.41) is 10.7. The second kappa shape index (κ2) is 9.16. The van der Waals surface area contributed by atoms with E-state index < -0.39 is 14.9 Å². The van der Waals surface area contributed by atoms with Crippen molar-refractivity contribution in [3.05, 3.63) is 64.2 Å². The third-order valence-electron chi connectivity index (χ3n) is 4.95. The summed E-state index contributed by atoms with van der Waals surface area (Å²) in [4.78, 5) is 12.5. The molecule has 1 fully saturated rings. The van der Waals surface area contributed by atoms with Crippen LogP contribution in [-0.2, 0) is 16.4 Å². The molecule has 150 valence electrons. The maximum absolute atomic E-state index is 12.3. The summed E-state index contributed by atoms with van der Waals surface area (Å²) in [5.74, 6) is 0. The lowest BCUT2D eigenvalue weighted by molar-refractivity contribution is -0.384. The van der Waals surface area contributed by atoms with E-state index >= 15 is 0 Å². The van der Waals surface area contributed by atoms with Crippen LogP contribution < -0.4 is 9.62 Å². The highest BCUT2D eigenvalue weighted by Gasteiger charge is 2.15. The second-order valence-electron chi connectivity index (χ2n) is 6.97. The van der Waals surface area contributed by atoms with Gasteiger partial charge in [0.1, 0.15) is 0 Å². The quantitative estimate of drug-likeness (QED) is 0.414. The first-order valence-electron chi connectivity index (χ1n) is 9.54. The van der Waals surface area contributed by atoms with Gasteiger partial charge in [-0.2, -0.15) is 0 Å². The molecule has 1 aliphatic heterocycles. The van der Waals surface area contributed by atoms with Crippen LogP contribution in [0.25, 0.3) is 0 Å². The molecule has 1 N–H and O–H groups in total. The molecule has 1 saturated heterocycles. The molecule has 1 heterocycles. The summed E-state index contributed by atoms with van der Waals surface area (Å²) in [6.07, 6.45) is 5.26. The molecule has 7 nitrogen and oxygen atoms in total. The molecule has 3 rings (SSSR count). The fourth-order valence-corrected chi connectivity index (χ4v) is 4.43. The Morgan fingerprint density at radius 2 is 1.61 bits per heavy atom. The zero-order valence-electron chi connectivity index (χ0n) is 15.7. The molecule has 8 heteroatoms. The molecule has 28 heavy (non-hydrogen) atoms. The van der Waals surface area contributed by atoms with E-state index in [1.807, 2.05) is 0 Å². The topological polar surface area (TPSA) is 92.5 Å². The lowest BCUT2D eigenvalue weighted by Gasteiger charge is -2.28. The Morgan fingerprint density at radius 3 is 2.21 bits per heavy atom. The number of nitro groups is 1. The standard InChI is InChI=1S/C20H25N3O4S/c24-23(25)19-10-12-20(13-11-19)28(26,27)21-14-4-5-17-6-8-18(9-7-17)22-15-2-1-3-16-22/h6-13,21H,1-5,14-16H2. The van der Waals surface area contributed by atoms with Gasteiger partial charge in [0.2, 0.25) is 10.0 Å². The fourth-order valence-electron chi connectivity index (χ4n) is 3.35. The molecule has 0 bridgehead atoms. The number of nitro benzene ring substituents is 1. The van der Waals surface area contributed by atoms with Crippen molar-refractivity contribution in [1.82, 2.24) is 4.72 Å². The number of anilines is 1. The lowest BCUT2D eigenvalue weighted by Crippen LogP contribution is -2.29. The predicted octanol–water partition coefficient (Wildman–Crippen LogP) is 3.50. The van der Waals surface area contributed by atoms with Crippen LogP contribution in [0.15, 0.2) is 53.4 Å². The summed E-state index contributed by atoms with van der Waals surface area (Å²) < 4.78 is 27.1. The van der Waals surface area contributed by atoms with Crippen molar-refractivity contribution in [1.29, 1.82) is 0 Å². The van der Waals surface area contributed by atoms with E-state index in [0.717, 1.165) is 19.5 Å². The van der Waals surface area contributed by atoms with Crippen LogP contribution in [0.2, 0.25) is 0 Å². The van der Waals surface area contributed by atoms with E-state index in [-0.39, 0.29) is 10.6 Å². The molecule has 0 aliphatic carbocycles. The minimum absolute atomic E-state index is 0.0315. The van der Waals surface area contributed by atoms with Gasteiger partial charge in [-0.3, -0.25) is 10.1 Å². The van der Waals surface area contributed by atoms with Gasteiger partial charge >= 0.3 is 0 Å². The Labute approximate surface area is 165 Å². The summed E-state index contributed by atoms with van der Waals surface area (Å²) in [5.41, 5.74) is 2.30. The maximum Gasteiger partial charge on any atom is 0.269 e. The maximum atomic E-state index is 12.3. The van der Waals surface area contributed by atoms with Crippen LogP contribution in [-0.4, -0.2) is 33.0 Å². The third kappa shape index (κ3) is 5.30. The van der Waals surface area contributed by atoms with Gasteiger partial charge in [0.05, 0.1) is 9.82 Å². The minimum Gasteiger partial charge on any atom is -0.372 e. The highest BCUT2D eigenvalue weighted by molar-refractivity contribution is 7.89. The van der Waals surface area contributed by atoms with Crippen molar-refractivity contribution >= 4 is 21.4 Å². The normalized spacial score (nSPS) is 14.8. The fraction of sp³-hybridized carbons (Fsp3) is 0.400. The first-order valence-corrected chi connectivity index (χ1v) is 11.0. The van der Waals surface area contributed by atoms with E-state index in [0.29, 0.717) is 13.0 Å².